The monoisotopic (exact) mass is 1080 g/mol. The van der Waals surface area contributed by atoms with Crippen LogP contribution < -0.4 is 0 Å². The largest absolute Gasteiger partial charge is 0.0651 e. The van der Waals surface area contributed by atoms with Crippen LogP contribution in [0.2, 0.25) is 0 Å². The molecule has 0 N–H and O–H groups in total. The predicted molar refractivity (Wildman–Crippen MR) is 350 cm³/mol. The molecule has 13 aliphatic carbocycles. The van der Waals surface area contributed by atoms with Gasteiger partial charge >= 0.3 is 0 Å². The van der Waals surface area contributed by atoms with Crippen molar-refractivity contribution in [3.8, 4) is 0 Å². The molecule has 13 saturated carbocycles. The summed E-state index contributed by atoms with van der Waals surface area (Å²) < 4.78 is 0. The average molecular weight is 1080 g/mol. The van der Waals surface area contributed by atoms with Gasteiger partial charge in [-0.1, -0.05) is 212 Å². The van der Waals surface area contributed by atoms with Gasteiger partial charge in [0.15, 0.2) is 0 Å². The standard InChI is InChI=1S/2C7H12.9C7H14/c1-7(4-5-7)6-2-3-6;1-5-4-7(5)6-2-3-6;2*1-6-4-7(2,3)5-6;2*1-6-4-5-7(6,2)3;2*1-5-4-6(2)7(5)3;1-3-7-4-6(2)5-7;1-3-7(2)5-4-6-7;1-3-7-5-4-6(7)2/h6H,2-5H2,1H3;5-7H,2-4H2,1H3;4*6H,4-5H2,1-3H3;2*5-7H,4H2,1-3H3;6-7H,3-5H2,1-2H3;3-6H2,1-2H3;6-7H,3-5H2,1-2H3/t;5-,7?;;;6-;;;;;;/m.0..0....../s1. The van der Waals surface area contributed by atoms with Gasteiger partial charge in [0, 0.05) is 0 Å². The molecule has 0 aromatic carbocycles. The van der Waals surface area contributed by atoms with Crippen LogP contribution in [0.25, 0.3) is 0 Å². The Hall–Kier alpha value is 0. The van der Waals surface area contributed by atoms with Crippen LogP contribution in [0, 0.1) is 139 Å². The molecule has 0 amide bonds. The van der Waals surface area contributed by atoms with Gasteiger partial charge in [-0.05, 0) is 280 Å². The van der Waals surface area contributed by atoms with E-state index in [-0.39, 0.29) is 0 Å². The lowest BCUT2D eigenvalue weighted by molar-refractivity contribution is 0.0891. The first-order valence-corrected chi connectivity index (χ1v) is 35.5. The fourth-order valence-corrected chi connectivity index (χ4v) is 15.2. The molecule has 0 heterocycles. The van der Waals surface area contributed by atoms with Crippen molar-refractivity contribution in [2.45, 2.75) is 353 Å². The van der Waals surface area contributed by atoms with Crippen LogP contribution in [0.1, 0.15) is 353 Å². The van der Waals surface area contributed by atoms with Crippen molar-refractivity contribution in [1.82, 2.24) is 0 Å². The van der Waals surface area contributed by atoms with Crippen LogP contribution in [-0.4, -0.2) is 0 Å². The molecule has 13 aliphatic rings. The van der Waals surface area contributed by atoms with Crippen molar-refractivity contribution < 1.29 is 0 Å². The molecule has 8 unspecified atom stereocenters. The lowest BCUT2D eigenvalue weighted by Gasteiger charge is -2.42. The SMILES string of the molecule is CC1(C2CC2)CC1.CC1CC(C)(C)C1.CC1CC(C)(C)C1.CC1CC(C)C1C.CC1CC(C)C1C.CC1CCC1(C)C.CCC1(C)CCC1.CCC1CC(C)C1.CCC1CCC1C.C[C@H]1CC1C1CC1.C[C@H]1CCC1(C)C. The van der Waals surface area contributed by atoms with E-state index in [0.29, 0.717) is 21.7 Å². The third-order valence-corrected chi connectivity index (χ3v) is 25.6. The molecule has 458 valence electrons. The van der Waals surface area contributed by atoms with Crippen LogP contribution in [0.5, 0.6) is 0 Å². The minimum atomic E-state index is 0.681. The van der Waals surface area contributed by atoms with E-state index in [1.807, 2.05) is 0 Å². The van der Waals surface area contributed by atoms with Gasteiger partial charge in [-0.2, -0.15) is 0 Å². The fourth-order valence-electron chi connectivity index (χ4n) is 15.2. The predicted octanol–water partition coefficient (Wildman–Crippen LogP) is 26.1. The van der Waals surface area contributed by atoms with Gasteiger partial charge in [0.05, 0.1) is 0 Å². The second kappa shape index (κ2) is 31.2. The number of hydrogen-bond donors (Lipinski definition) is 0. The molecule has 0 bridgehead atoms. The van der Waals surface area contributed by atoms with E-state index in [1.165, 1.54) is 166 Å². The summed E-state index contributed by atoms with van der Waals surface area (Å²) in [6, 6.07) is 0. The summed E-state index contributed by atoms with van der Waals surface area (Å²) in [6.07, 6.45) is 39.8. The number of rotatable bonds is 5. The highest BCUT2D eigenvalue weighted by Crippen LogP contribution is 2.61. The van der Waals surface area contributed by atoms with Gasteiger partial charge in [0.25, 0.3) is 0 Å². The van der Waals surface area contributed by atoms with E-state index in [1.54, 1.807) is 19.3 Å². The van der Waals surface area contributed by atoms with Crippen molar-refractivity contribution in [3.63, 3.8) is 0 Å². The molecule has 13 fully saturated rings. The van der Waals surface area contributed by atoms with E-state index in [4.69, 9.17) is 0 Å². The van der Waals surface area contributed by atoms with Crippen molar-refractivity contribution in [3.05, 3.63) is 0 Å². The number of hydrogen-bond acceptors (Lipinski definition) is 0. The fraction of sp³-hybridized carbons (Fsp3) is 1.00. The molecule has 0 heteroatoms. The van der Waals surface area contributed by atoms with Crippen LogP contribution in [0.15, 0.2) is 0 Å². The Balaban J connectivity index is 0.000000223. The van der Waals surface area contributed by atoms with Gasteiger partial charge < -0.3 is 0 Å². The molecule has 0 saturated heterocycles. The molecule has 0 aliphatic heterocycles. The Labute approximate surface area is 489 Å². The highest BCUT2D eigenvalue weighted by Gasteiger charge is 2.49. The Morgan fingerprint density at radius 2 is 0.753 bits per heavy atom. The quantitative estimate of drug-likeness (QED) is 0.257. The first kappa shape index (κ1) is 71.3. The molecule has 13 rings (SSSR count). The molecule has 0 spiro atoms. The zero-order valence-electron chi connectivity index (χ0n) is 58.5. The first-order chi connectivity index (χ1) is 35.5. The van der Waals surface area contributed by atoms with Gasteiger partial charge in [0.1, 0.15) is 0 Å². The topological polar surface area (TPSA) is 0 Å². The molecule has 0 radical (unpaired) electrons. The average Bonchev–Trinajstić information content (AvgIpc) is 4.09. The summed E-state index contributed by atoms with van der Waals surface area (Å²) in [5.74, 6) is 18.9. The third-order valence-electron chi connectivity index (χ3n) is 25.6. The molecule has 0 aromatic rings. The lowest BCUT2D eigenvalue weighted by atomic mass is 9.64. The van der Waals surface area contributed by atoms with Crippen LogP contribution in [0.3, 0.4) is 0 Å². The Morgan fingerprint density at radius 1 is 0.364 bits per heavy atom. The van der Waals surface area contributed by atoms with E-state index < -0.39 is 0 Å². The van der Waals surface area contributed by atoms with Gasteiger partial charge in [0.2, 0.25) is 0 Å². The molecule has 0 nitrogen and oxygen atoms in total. The second-order valence-electron chi connectivity index (χ2n) is 35.5. The van der Waals surface area contributed by atoms with Gasteiger partial charge in [-0.15, -0.1) is 0 Å². The summed E-state index contributed by atoms with van der Waals surface area (Å²) in [7, 11) is 0. The smallest absolute Gasteiger partial charge is 0.0297 e. The summed E-state index contributed by atoms with van der Waals surface area (Å²) in [4.78, 5) is 0. The zero-order valence-corrected chi connectivity index (χ0v) is 58.5. The Kier molecular flexibility index (Phi) is 28.9. The molecule has 0 aromatic heterocycles. The maximum atomic E-state index is 2.44. The van der Waals surface area contributed by atoms with Crippen LogP contribution >= 0.6 is 0 Å². The molecule has 10 atom stereocenters. The molecular formula is C77H150. The maximum Gasteiger partial charge on any atom is -0.0297 e. The summed E-state index contributed by atoms with van der Waals surface area (Å²) in [5.41, 5.74) is 4.37. The summed E-state index contributed by atoms with van der Waals surface area (Å²) in [6.45, 7) is 60.9. The highest BCUT2D eigenvalue weighted by atomic mass is 14.5. The second-order valence-corrected chi connectivity index (χ2v) is 35.5. The first-order valence-electron chi connectivity index (χ1n) is 35.5. The Morgan fingerprint density at radius 3 is 0.792 bits per heavy atom. The molecule has 77 heavy (non-hydrogen) atoms. The van der Waals surface area contributed by atoms with Crippen molar-refractivity contribution in [1.29, 1.82) is 0 Å². The minimum Gasteiger partial charge on any atom is -0.0651 e. The van der Waals surface area contributed by atoms with Gasteiger partial charge in [-0.25, -0.2) is 0 Å². The van der Waals surface area contributed by atoms with Crippen molar-refractivity contribution in [2.24, 2.45) is 139 Å². The normalized spacial score (nSPS) is 38.9. The Bertz CT molecular complexity index is 1450. The van der Waals surface area contributed by atoms with E-state index in [2.05, 4.69) is 180 Å². The maximum absolute atomic E-state index is 2.44. The highest BCUT2D eigenvalue weighted by molar-refractivity contribution is 5.00. The van der Waals surface area contributed by atoms with Gasteiger partial charge in [-0.3, -0.25) is 0 Å². The van der Waals surface area contributed by atoms with E-state index in [9.17, 15) is 0 Å². The summed E-state index contributed by atoms with van der Waals surface area (Å²) in [5, 5.41) is 0. The summed E-state index contributed by atoms with van der Waals surface area (Å²) >= 11 is 0. The van der Waals surface area contributed by atoms with Crippen LogP contribution in [0.4, 0.5) is 0 Å². The molecular weight excluding hydrogens is 925 g/mol. The third kappa shape index (κ3) is 25.8. The lowest BCUT2D eigenvalue weighted by Crippen LogP contribution is -2.31. The van der Waals surface area contributed by atoms with E-state index in [0.717, 1.165) is 106 Å². The zero-order chi connectivity index (χ0) is 58.5. The minimum absolute atomic E-state index is 0.681. The van der Waals surface area contributed by atoms with Crippen molar-refractivity contribution >= 4 is 0 Å². The van der Waals surface area contributed by atoms with Crippen LogP contribution in [-0.2, 0) is 0 Å². The van der Waals surface area contributed by atoms with Crippen molar-refractivity contribution in [2.75, 3.05) is 0 Å². The van der Waals surface area contributed by atoms with E-state index >= 15 is 0 Å².